The maximum Gasteiger partial charge on any atom is 0.283 e. The van der Waals surface area contributed by atoms with Gasteiger partial charge in [0, 0.05) is 25.1 Å². The first kappa shape index (κ1) is 14.5. The van der Waals surface area contributed by atoms with Crippen LogP contribution in [0.5, 0.6) is 0 Å². The van der Waals surface area contributed by atoms with Crippen molar-refractivity contribution in [3.63, 3.8) is 0 Å². The van der Waals surface area contributed by atoms with Gasteiger partial charge in [0.25, 0.3) is 5.56 Å². The summed E-state index contributed by atoms with van der Waals surface area (Å²) in [5, 5.41) is 7.55. The molecule has 1 aliphatic heterocycles. The summed E-state index contributed by atoms with van der Waals surface area (Å²) in [5.74, 6) is 0.491. The summed E-state index contributed by atoms with van der Waals surface area (Å²) < 4.78 is 7.43. The van der Waals surface area contributed by atoms with E-state index in [1.807, 2.05) is 6.92 Å². The standard InChI is InChI=1S/C13H20BrN3O2/c1-3-5-17-13(18)12(14)11(7-15-17)16-9(2)10-4-6-19-8-10/h7,9-10,16H,3-6,8H2,1-2H3. The molecule has 2 heterocycles. The monoisotopic (exact) mass is 329 g/mol. The molecule has 6 heteroatoms. The van der Waals surface area contributed by atoms with Crippen LogP contribution >= 0.6 is 15.9 Å². The fourth-order valence-corrected chi connectivity index (χ4v) is 2.67. The topological polar surface area (TPSA) is 56.1 Å². The van der Waals surface area contributed by atoms with Crippen molar-refractivity contribution in [1.82, 2.24) is 9.78 Å². The number of aryl methyl sites for hydroxylation is 1. The first-order valence-corrected chi connectivity index (χ1v) is 7.52. The van der Waals surface area contributed by atoms with Crippen LogP contribution in [-0.4, -0.2) is 29.0 Å². The average Bonchev–Trinajstić information content (AvgIpc) is 2.92. The molecule has 2 atom stereocenters. The molecular weight excluding hydrogens is 310 g/mol. The van der Waals surface area contributed by atoms with Crippen LogP contribution in [0.1, 0.15) is 26.7 Å². The SMILES string of the molecule is CCCn1ncc(NC(C)C2CCOC2)c(Br)c1=O. The first-order valence-electron chi connectivity index (χ1n) is 6.73. The summed E-state index contributed by atoms with van der Waals surface area (Å²) in [6.45, 7) is 6.39. The molecule has 2 rings (SSSR count). The van der Waals surface area contributed by atoms with E-state index in [0.717, 1.165) is 31.7 Å². The molecule has 0 spiro atoms. The van der Waals surface area contributed by atoms with Crippen LogP contribution in [0.4, 0.5) is 5.69 Å². The zero-order valence-corrected chi connectivity index (χ0v) is 12.9. The second kappa shape index (κ2) is 6.52. The molecule has 5 nitrogen and oxygen atoms in total. The highest BCUT2D eigenvalue weighted by Gasteiger charge is 2.23. The zero-order valence-electron chi connectivity index (χ0n) is 11.4. The van der Waals surface area contributed by atoms with Gasteiger partial charge in [-0.05, 0) is 35.7 Å². The van der Waals surface area contributed by atoms with Crippen LogP contribution in [0, 0.1) is 5.92 Å². The maximum atomic E-state index is 12.1. The Morgan fingerprint density at radius 2 is 2.47 bits per heavy atom. The molecule has 1 aliphatic rings. The number of halogens is 1. The van der Waals surface area contributed by atoms with Gasteiger partial charge in [-0.25, -0.2) is 4.68 Å². The second-order valence-corrected chi connectivity index (χ2v) is 5.75. The van der Waals surface area contributed by atoms with Crippen molar-refractivity contribution in [2.45, 2.75) is 39.3 Å². The maximum absolute atomic E-state index is 12.1. The van der Waals surface area contributed by atoms with Gasteiger partial charge in [-0.3, -0.25) is 4.79 Å². The Kier molecular flexibility index (Phi) is 4.99. The Morgan fingerprint density at radius 3 is 3.11 bits per heavy atom. The summed E-state index contributed by atoms with van der Waals surface area (Å²) >= 11 is 3.37. The minimum atomic E-state index is -0.0817. The average molecular weight is 330 g/mol. The van der Waals surface area contributed by atoms with Crippen molar-refractivity contribution in [2.24, 2.45) is 5.92 Å². The Labute approximate surface area is 121 Å². The van der Waals surface area contributed by atoms with E-state index < -0.39 is 0 Å². The van der Waals surface area contributed by atoms with E-state index in [1.165, 1.54) is 4.68 Å². The highest BCUT2D eigenvalue weighted by Crippen LogP contribution is 2.23. The van der Waals surface area contributed by atoms with E-state index in [1.54, 1.807) is 6.20 Å². The van der Waals surface area contributed by atoms with E-state index in [-0.39, 0.29) is 11.6 Å². The number of hydrogen-bond donors (Lipinski definition) is 1. The van der Waals surface area contributed by atoms with Crippen LogP contribution in [-0.2, 0) is 11.3 Å². The third-order valence-electron chi connectivity index (χ3n) is 3.48. The van der Waals surface area contributed by atoms with Gasteiger partial charge < -0.3 is 10.1 Å². The fourth-order valence-electron chi connectivity index (χ4n) is 2.25. The molecule has 106 valence electrons. The second-order valence-electron chi connectivity index (χ2n) is 4.96. The number of hydrogen-bond acceptors (Lipinski definition) is 4. The first-order chi connectivity index (χ1) is 9.13. The number of ether oxygens (including phenoxy) is 1. The highest BCUT2D eigenvalue weighted by molar-refractivity contribution is 9.10. The summed E-state index contributed by atoms with van der Waals surface area (Å²) in [6, 6.07) is 0.266. The van der Waals surface area contributed by atoms with Crippen LogP contribution in [0.25, 0.3) is 0 Å². The third kappa shape index (κ3) is 3.36. The van der Waals surface area contributed by atoms with Gasteiger partial charge in [-0.15, -0.1) is 0 Å². The van der Waals surface area contributed by atoms with Gasteiger partial charge in [0.15, 0.2) is 0 Å². The third-order valence-corrected chi connectivity index (χ3v) is 4.24. The van der Waals surface area contributed by atoms with Gasteiger partial charge in [0.2, 0.25) is 0 Å². The van der Waals surface area contributed by atoms with Crippen LogP contribution < -0.4 is 10.9 Å². The Balaban J connectivity index is 2.12. The molecule has 1 aromatic rings. The highest BCUT2D eigenvalue weighted by atomic mass is 79.9. The van der Waals surface area contributed by atoms with Crippen molar-refractivity contribution in [2.75, 3.05) is 18.5 Å². The molecule has 1 fully saturated rings. The summed E-state index contributed by atoms with van der Waals surface area (Å²) in [5.41, 5.74) is 0.679. The van der Waals surface area contributed by atoms with Crippen molar-refractivity contribution in [3.8, 4) is 0 Å². The molecule has 1 saturated heterocycles. The van der Waals surface area contributed by atoms with Gasteiger partial charge >= 0.3 is 0 Å². The van der Waals surface area contributed by atoms with Crippen molar-refractivity contribution >= 4 is 21.6 Å². The van der Waals surface area contributed by atoms with E-state index in [2.05, 4.69) is 33.3 Å². The molecule has 0 bridgehead atoms. The molecule has 0 aromatic carbocycles. The van der Waals surface area contributed by atoms with E-state index >= 15 is 0 Å². The summed E-state index contributed by atoms with van der Waals surface area (Å²) in [4.78, 5) is 12.1. The predicted molar refractivity (Wildman–Crippen MR) is 78.5 cm³/mol. The lowest BCUT2D eigenvalue weighted by atomic mass is 10.0. The lowest BCUT2D eigenvalue weighted by Crippen LogP contribution is -2.29. The molecule has 19 heavy (non-hydrogen) atoms. The Hall–Kier alpha value is -0.880. The van der Waals surface area contributed by atoms with Crippen molar-refractivity contribution in [3.05, 3.63) is 21.0 Å². The fraction of sp³-hybridized carbons (Fsp3) is 0.692. The number of nitrogens with zero attached hydrogens (tertiary/aromatic N) is 2. The van der Waals surface area contributed by atoms with Gasteiger partial charge in [0.05, 0.1) is 18.5 Å². The summed E-state index contributed by atoms with van der Waals surface area (Å²) in [7, 11) is 0. The zero-order chi connectivity index (χ0) is 13.8. The number of nitrogens with one attached hydrogen (secondary N) is 1. The molecule has 2 unspecified atom stereocenters. The molecular formula is C13H20BrN3O2. The van der Waals surface area contributed by atoms with E-state index in [0.29, 0.717) is 16.9 Å². The molecule has 0 radical (unpaired) electrons. The predicted octanol–water partition coefficient (Wildman–Crippen LogP) is 2.25. The van der Waals surface area contributed by atoms with Gasteiger partial charge in [0.1, 0.15) is 4.47 Å². The van der Waals surface area contributed by atoms with Crippen molar-refractivity contribution < 1.29 is 4.74 Å². The van der Waals surface area contributed by atoms with Gasteiger partial charge in [-0.1, -0.05) is 6.92 Å². The largest absolute Gasteiger partial charge is 0.381 e. The number of rotatable bonds is 5. The lowest BCUT2D eigenvalue weighted by molar-refractivity contribution is 0.183. The van der Waals surface area contributed by atoms with E-state index in [4.69, 9.17) is 4.74 Å². The quantitative estimate of drug-likeness (QED) is 0.900. The van der Waals surface area contributed by atoms with Crippen LogP contribution in [0.2, 0.25) is 0 Å². The lowest BCUT2D eigenvalue weighted by Gasteiger charge is -2.21. The number of anilines is 1. The Bertz CT molecular complexity index is 483. The van der Waals surface area contributed by atoms with Crippen molar-refractivity contribution in [1.29, 1.82) is 0 Å². The molecule has 1 N–H and O–H groups in total. The normalized spacial score (nSPS) is 20.5. The Morgan fingerprint density at radius 1 is 1.68 bits per heavy atom. The van der Waals surface area contributed by atoms with Crippen LogP contribution in [0.15, 0.2) is 15.5 Å². The molecule has 0 amide bonds. The molecule has 1 aromatic heterocycles. The number of aromatic nitrogens is 2. The molecule has 0 saturated carbocycles. The van der Waals surface area contributed by atoms with Gasteiger partial charge in [-0.2, -0.15) is 5.10 Å². The summed E-state index contributed by atoms with van der Waals surface area (Å²) in [6.07, 6.45) is 3.67. The smallest absolute Gasteiger partial charge is 0.283 e. The van der Waals surface area contributed by atoms with Crippen LogP contribution in [0.3, 0.4) is 0 Å². The minimum absolute atomic E-state index is 0.0817. The minimum Gasteiger partial charge on any atom is -0.381 e. The molecule has 0 aliphatic carbocycles. The van der Waals surface area contributed by atoms with E-state index in [9.17, 15) is 4.79 Å².